The molecule has 0 radical (unpaired) electrons. The number of rotatable bonds is 8. The summed E-state index contributed by atoms with van der Waals surface area (Å²) < 4.78 is 26.4. The number of aromatic nitrogens is 3. The molecule has 1 saturated carbocycles. The summed E-state index contributed by atoms with van der Waals surface area (Å²) in [6, 6.07) is 10.0. The van der Waals surface area contributed by atoms with Gasteiger partial charge in [0, 0.05) is 17.3 Å². The van der Waals surface area contributed by atoms with Crippen molar-refractivity contribution >= 4 is 35.0 Å². The van der Waals surface area contributed by atoms with Crippen molar-refractivity contribution in [1.29, 1.82) is 0 Å². The largest absolute Gasteiger partial charge is 0.493 e. The van der Waals surface area contributed by atoms with Crippen LogP contribution in [0.25, 0.3) is 11.4 Å². The number of ether oxygens (including phenoxy) is 2. The lowest BCUT2D eigenvalue weighted by molar-refractivity contribution is -0.113. The zero-order chi connectivity index (χ0) is 24.1. The van der Waals surface area contributed by atoms with E-state index in [-0.39, 0.29) is 22.7 Å². The van der Waals surface area contributed by atoms with Crippen molar-refractivity contribution in [3.63, 3.8) is 0 Å². The van der Waals surface area contributed by atoms with Gasteiger partial charge in [0.25, 0.3) is 0 Å². The molecule has 34 heavy (non-hydrogen) atoms. The quantitative estimate of drug-likeness (QED) is 0.379. The maximum Gasteiger partial charge on any atom is 0.234 e. The summed E-state index contributed by atoms with van der Waals surface area (Å²) in [5.41, 5.74) is 1.31. The van der Waals surface area contributed by atoms with Crippen LogP contribution in [0.15, 0.2) is 41.6 Å². The van der Waals surface area contributed by atoms with Crippen molar-refractivity contribution in [3.8, 4) is 22.9 Å². The summed E-state index contributed by atoms with van der Waals surface area (Å²) in [6.07, 6.45) is 5.57. The molecule has 1 aliphatic rings. The van der Waals surface area contributed by atoms with Gasteiger partial charge in [0.15, 0.2) is 22.5 Å². The van der Waals surface area contributed by atoms with Gasteiger partial charge in [0.1, 0.15) is 5.82 Å². The molecule has 0 spiro atoms. The molecule has 1 fully saturated rings. The highest BCUT2D eigenvalue weighted by Crippen LogP contribution is 2.38. The first-order valence-corrected chi connectivity index (χ1v) is 12.4. The van der Waals surface area contributed by atoms with E-state index in [4.69, 9.17) is 21.1 Å². The fraction of sp³-hybridized carbons (Fsp3) is 0.375. The smallest absolute Gasteiger partial charge is 0.234 e. The summed E-state index contributed by atoms with van der Waals surface area (Å²) in [4.78, 5) is 12.5. The first kappa shape index (κ1) is 24.3. The lowest BCUT2D eigenvalue weighted by Gasteiger charge is -2.25. The Hall–Kier alpha value is -2.78. The van der Waals surface area contributed by atoms with E-state index in [0.29, 0.717) is 22.3 Å². The number of amides is 1. The monoisotopic (exact) mass is 504 g/mol. The van der Waals surface area contributed by atoms with Gasteiger partial charge >= 0.3 is 0 Å². The average molecular weight is 505 g/mol. The maximum absolute atomic E-state index is 13.4. The van der Waals surface area contributed by atoms with Gasteiger partial charge in [-0.3, -0.25) is 9.36 Å². The molecule has 0 unspecified atom stereocenters. The second-order valence-electron chi connectivity index (χ2n) is 8.00. The Labute approximate surface area is 207 Å². The molecule has 10 heteroatoms. The molecule has 1 aliphatic carbocycles. The Morgan fingerprint density at radius 3 is 2.59 bits per heavy atom. The lowest BCUT2D eigenvalue weighted by atomic mass is 9.95. The van der Waals surface area contributed by atoms with Crippen molar-refractivity contribution < 1.29 is 18.7 Å². The van der Waals surface area contributed by atoms with Gasteiger partial charge in [-0.1, -0.05) is 42.6 Å². The Bertz CT molecular complexity index is 1170. The Morgan fingerprint density at radius 1 is 1.12 bits per heavy atom. The summed E-state index contributed by atoms with van der Waals surface area (Å²) in [5.74, 6) is 1.36. The molecule has 1 amide bonds. The van der Waals surface area contributed by atoms with Crippen LogP contribution in [-0.4, -0.2) is 40.6 Å². The van der Waals surface area contributed by atoms with Crippen LogP contribution in [0, 0.1) is 5.82 Å². The molecule has 1 aromatic heterocycles. The number of methoxy groups -OCH3 is 2. The molecule has 1 heterocycles. The van der Waals surface area contributed by atoms with E-state index in [2.05, 4.69) is 20.1 Å². The van der Waals surface area contributed by atoms with E-state index in [9.17, 15) is 9.18 Å². The number of hydrogen-bond donors (Lipinski definition) is 1. The number of halogens is 2. The van der Waals surface area contributed by atoms with E-state index in [1.165, 1.54) is 36.4 Å². The van der Waals surface area contributed by atoms with Gasteiger partial charge in [-0.2, -0.15) is 0 Å². The topological polar surface area (TPSA) is 78.3 Å². The molecule has 4 rings (SSSR count). The molecule has 1 N–H and O–H groups in total. The predicted molar refractivity (Wildman–Crippen MR) is 131 cm³/mol. The Balaban J connectivity index is 1.57. The molecular formula is C24H26ClFN4O3S. The number of carbonyl (C=O) groups is 1. The summed E-state index contributed by atoms with van der Waals surface area (Å²) in [7, 11) is 3.20. The highest BCUT2D eigenvalue weighted by atomic mass is 35.5. The molecule has 180 valence electrons. The van der Waals surface area contributed by atoms with E-state index in [0.717, 1.165) is 37.1 Å². The second kappa shape index (κ2) is 11.1. The van der Waals surface area contributed by atoms with Crippen molar-refractivity contribution in [2.75, 3.05) is 25.3 Å². The fourth-order valence-corrected chi connectivity index (χ4v) is 5.10. The Morgan fingerprint density at radius 2 is 1.88 bits per heavy atom. The van der Waals surface area contributed by atoms with Crippen LogP contribution < -0.4 is 14.8 Å². The van der Waals surface area contributed by atoms with Crippen LogP contribution in [0.1, 0.15) is 38.1 Å². The first-order chi connectivity index (χ1) is 16.5. The highest BCUT2D eigenvalue weighted by Gasteiger charge is 2.25. The number of benzene rings is 2. The number of hydrogen-bond acceptors (Lipinski definition) is 6. The number of thioether (sulfide) groups is 1. The fourth-order valence-electron chi connectivity index (χ4n) is 4.12. The summed E-state index contributed by atoms with van der Waals surface area (Å²) >= 11 is 7.13. The minimum Gasteiger partial charge on any atom is -0.493 e. The van der Waals surface area contributed by atoms with Crippen molar-refractivity contribution in [3.05, 3.63) is 47.2 Å². The minimum atomic E-state index is -0.530. The zero-order valence-corrected chi connectivity index (χ0v) is 20.6. The molecular weight excluding hydrogens is 479 g/mol. The van der Waals surface area contributed by atoms with Gasteiger partial charge in [-0.05, 0) is 49.2 Å². The molecule has 7 nitrogen and oxygen atoms in total. The number of carbonyl (C=O) groups excluding carboxylic acids is 1. The van der Waals surface area contributed by atoms with Crippen molar-refractivity contribution in [1.82, 2.24) is 14.8 Å². The van der Waals surface area contributed by atoms with Crippen molar-refractivity contribution in [2.45, 2.75) is 43.3 Å². The van der Waals surface area contributed by atoms with E-state index >= 15 is 0 Å². The molecule has 0 saturated heterocycles. The standard InChI is InChI=1S/C24H26ClFN4O3S/c1-32-20-11-8-15(12-21(20)33-2)23-28-29-24(30(23)17-6-4-3-5-7-17)34-14-22(31)27-16-9-10-19(26)18(25)13-16/h8-13,17H,3-7,14H2,1-2H3,(H,27,31). The van der Waals surface area contributed by atoms with Gasteiger partial charge < -0.3 is 14.8 Å². The van der Waals surface area contributed by atoms with Crippen LogP contribution in [0.5, 0.6) is 11.5 Å². The molecule has 3 aromatic rings. The van der Waals surface area contributed by atoms with Crippen LogP contribution in [0.4, 0.5) is 10.1 Å². The lowest BCUT2D eigenvalue weighted by Crippen LogP contribution is -2.17. The first-order valence-electron chi connectivity index (χ1n) is 11.0. The average Bonchev–Trinajstić information content (AvgIpc) is 3.29. The second-order valence-corrected chi connectivity index (χ2v) is 9.35. The SMILES string of the molecule is COc1ccc(-c2nnc(SCC(=O)Nc3ccc(F)c(Cl)c3)n2C2CCCCC2)cc1OC. The van der Waals surface area contributed by atoms with E-state index in [1.807, 2.05) is 18.2 Å². The third-order valence-electron chi connectivity index (χ3n) is 5.78. The van der Waals surface area contributed by atoms with Crippen molar-refractivity contribution in [2.24, 2.45) is 0 Å². The van der Waals surface area contributed by atoms with Gasteiger partial charge in [-0.15, -0.1) is 10.2 Å². The number of nitrogens with zero attached hydrogens (tertiary/aromatic N) is 3. The minimum absolute atomic E-state index is 0.0398. The summed E-state index contributed by atoms with van der Waals surface area (Å²) in [5, 5.41) is 12.3. The third kappa shape index (κ3) is 5.47. The van der Waals surface area contributed by atoms with E-state index in [1.54, 1.807) is 14.2 Å². The normalized spacial score (nSPS) is 14.1. The molecule has 0 bridgehead atoms. The third-order valence-corrected chi connectivity index (χ3v) is 7.01. The van der Waals surface area contributed by atoms with E-state index < -0.39 is 5.82 Å². The molecule has 2 aromatic carbocycles. The maximum atomic E-state index is 13.4. The number of nitrogens with one attached hydrogen (secondary N) is 1. The van der Waals surface area contributed by atoms with Crippen LogP contribution in [0.2, 0.25) is 5.02 Å². The van der Waals surface area contributed by atoms with Gasteiger partial charge in [0.2, 0.25) is 5.91 Å². The van der Waals surface area contributed by atoms with Crippen LogP contribution in [-0.2, 0) is 4.79 Å². The van der Waals surface area contributed by atoms with Gasteiger partial charge in [0.05, 0.1) is 25.0 Å². The number of anilines is 1. The Kier molecular flexibility index (Phi) is 7.95. The van der Waals surface area contributed by atoms with Crippen LogP contribution >= 0.6 is 23.4 Å². The molecule has 0 aliphatic heterocycles. The van der Waals surface area contributed by atoms with Crippen LogP contribution in [0.3, 0.4) is 0 Å². The highest BCUT2D eigenvalue weighted by molar-refractivity contribution is 7.99. The zero-order valence-electron chi connectivity index (χ0n) is 19.0. The van der Waals surface area contributed by atoms with Gasteiger partial charge in [-0.25, -0.2) is 4.39 Å². The predicted octanol–water partition coefficient (Wildman–Crippen LogP) is 5.99. The molecule has 0 atom stereocenters. The summed E-state index contributed by atoms with van der Waals surface area (Å²) in [6.45, 7) is 0.